The Labute approximate surface area is 423 Å². The van der Waals surface area contributed by atoms with Gasteiger partial charge in [-0.15, -0.1) is 0 Å². The molecule has 0 heterocycles. The van der Waals surface area contributed by atoms with Gasteiger partial charge in [-0.3, -0.25) is 14.4 Å². The van der Waals surface area contributed by atoms with E-state index in [9.17, 15) is 14.4 Å². The van der Waals surface area contributed by atoms with Crippen molar-refractivity contribution in [2.24, 2.45) is 0 Å². The zero-order valence-electron chi connectivity index (χ0n) is 45.6. The molecule has 0 N–H and O–H groups in total. The van der Waals surface area contributed by atoms with Crippen LogP contribution in [0.1, 0.15) is 323 Å². The summed E-state index contributed by atoms with van der Waals surface area (Å²) in [5.74, 6) is -0.866. The van der Waals surface area contributed by atoms with Crippen molar-refractivity contribution >= 4 is 17.9 Å². The van der Waals surface area contributed by atoms with Gasteiger partial charge in [0.1, 0.15) is 13.2 Å². The number of esters is 3. The minimum Gasteiger partial charge on any atom is -0.462 e. The van der Waals surface area contributed by atoms with Crippen molar-refractivity contribution in [2.75, 3.05) is 13.2 Å². The Morgan fingerprint density at radius 2 is 0.529 bits per heavy atom. The molecule has 0 amide bonds. The molecule has 0 aliphatic heterocycles. The molecule has 0 bridgehead atoms. The summed E-state index contributed by atoms with van der Waals surface area (Å²) in [5.41, 5.74) is 0. The van der Waals surface area contributed by atoms with Crippen LogP contribution in [0.4, 0.5) is 0 Å². The van der Waals surface area contributed by atoms with Crippen LogP contribution >= 0.6 is 0 Å². The van der Waals surface area contributed by atoms with E-state index in [2.05, 4.69) is 57.2 Å². The average Bonchev–Trinajstić information content (AvgIpc) is 3.34. The first-order valence-electron chi connectivity index (χ1n) is 30.0. The van der Waals surface area contributed by atoms with E-state index in [0.717, 1.165) is 70.6 Å². The summed E-state index contributed by atoms with van der Waals surface area (Å²) in [6, 6.07) is 0. The van der Waals surface area contributed by atoms with Crippen LogP contribution in [0.5, 0.6) is 0 Å². The maximum absolute atomic E-state index is 12.9. The average molecular weight is 956 g/mol. The molecule has 0 unspecified atom stereocenters. The Kier molecular flexibility index (Phi) is 55.2. The van der Waals surface area contributed by atoms with Gasteiger partial charge < -0.3 is 14.2 Å². The molecule has 0 aromatic heterocycles. The van der Waals surface area contributed by atoms with E-state index < -0.39 is 6.10 Å². The van der Waals surface area contributed by atoms with Crippen molar-refractivity contribution in [3.05, 3.63) is 36.5 Å². The van der Waals surface area contributed by atoms with E-state index in [0.29, 0.717) is 19.3 Å². The molecule has 0 radical (unpaired) electrons. The lowest BCUT2D eigenvalue weighted by Crippen LogP contribution is -2.30. The van der Waals surface area contributed by atoms with E-state index in [1.54, 1.807) is 0 Å². The fourth-order valence-corrected chi connectivity index (χ4v) is 8.82. The molecule has 0 aliphatic rings. The molecule has 6 heteroatoms. The number of carbonyl (C=O) groups is 3. The molecule has 0 spiro atoms. The fourth-order valence-electron chi connectivity index (χ4n) is 8.82. The van der Waals surface area contributed by atoms with Gasteiger partial charge in [-0.25, -0.2) is 0 Å². The molecule has 0 aromatic rings. The molecule has 0 rings (SSSR count). The molecule has 68 heavy (non-hydrogen) atoms. The van der Waals surface area contributed by atoms with E-state index in [-0.39, 0.29) is 31.1 Å². The van der Waals surface area contributed by atoms with Gasteiger partial charge in [-0.1, -0.05) is 263 Å². The van der Waals surface area contributed by atoms with Crippen LogP contribution in [0.25, 0.3) is 0 Å². The SMILES string of the molecule is CCCCC/C=C/C/C=C/CCCCCCCCCC(=O)O[C@H](COC(=O)CCCCCCCCC/C=C/CCCCCC)COC(=O)CCCCCCCCCCCCCCCCCCCC. The van der Waals surface area contributed by atoms with Gasteiger partial charge in [0.2, 0.25) is 0 Å². The highest BCUT2D eigenvalue weighted by Gasteiger charge is 2.19. The third-order valence-electron chi connectivity index (χ3n) is 13.4. The lowest BCUT2D eigenvalue weighted by molar-refractivity contribution is -0.167. The molecule has 0 saturated carbocycles. The van der Waals surface area contributed by atoms with Crippen molar-refractivity contribution < 1.29 is 28.6 Å². The van der Waals surface area contributed by atoms with Gasteiger partial charge in [0.25, 0.3) is 0 Å². The Morgan fingerprint density at radius 3 is 0.868 bits per heavy atom. The van der Waals surface area contributed by atoms with Crippen molar-refractivity contribution in [2.45, 2.75) is 329 Å². The van der Waals surface area contributed by atoms with Gasteiger partial charge in [-0.2, -0.15) is 0 Å². The number of carbonyl (C=O) groups excluding carboxylic acids is 3. The predicted molar refractivity (Wildman–Crippen MR) is 293 cm³/mol. The standard InChI is InChI=1S/C62H114O6/c1-4-7-10-13-16-19-22-25-28-30-32-34-37-40-43-46-49-52-55-61(64)67-58-59(57-66-60(63)54-51-48-45-42-39-36-33-27-24-21-18-15-12-9-6-3)68-62(65)56-53-50-47-44-41-38-35-31-29-26-23-20-17-14-11-8-5-2/h17,20-21,24,26,29,59H,4-16,18-19,22-23,25,27-28,30-58H2,1-3H3/b20-17+,24-21+,29-26+/t59-/m1/s1. The van der Waals surface area contributed by atoms with Gasteiger partial charge in [0.15, 0.2) is 6.10 Å². The molecular formula is C62H114O6. The number of hydrogen-bond acceptors (Lipinski definition) is 6. The fraction of sp³-hybridized carbons (Fsp3) is 0.855. The topological polar surface area (TPSA) is 78.9 Å². The highest BCUT2D eigenvalue weighted by molar-refractivity contribution is 5.71. The lowest BCUT2D eigenvalue weighted by Gasteiger charge is -2.18. The summed E-state index contributed by atoms with van der Waals surface area (Å²) in [6.45, 7) is 6.64. The zero-order valence-corrected chi connectivity index (χ0v) is 45.6. The predicted octanol–water partition coefficient (Wildman–Crippen LogP) is 20.0. The van der Waals surface area contributed by atoms with Crippen molar-refractivity contribution in [3.8, 4) is 0 Å². The molecule has 6 nitrogen and oxygen atoms in total. The molecule has 0 aromatic carbocycles. The minimum atomic E-state index is -0.775. The zero-order chi connectivity index (χ0) is 49.3. The van der Waals surface area contributed by atoms with Crippen LogP contribution in [0.15, 0.2) is 36.5 Å². The van der Waals surface area contributed by atoms with Crippen molar-refractivity contribution in [3.63, 3.8) is 0 Å². The van der Waals surface area contributed by atoms with Crippen LogP contribution in [0, 0.1) is 0 Å². The molecule has 1 atom stereocenters. The maximum atomic E-state index is 12.9. The van der Waals surface area contributed by atoms with E-state index in [1.807, 2.05) is 0 Å². The Balaban J connectivity index is 4.35. The Bertz CT molecular complexity index is 1140. The molecule has 0 fully saturated rings. The quantitative estimate of drug-likeness (QED) is 0.0262. The second-order valence-corrected chi connectivity index (χ2v) is 20.3. The maximum Gasteiger partial charge on any atom is 0.306 e. The summed E-state index contributed by atoms with van der Waals surface area (Å²) >= 11 is 0. The largest absolute Gasteiger partial charge is 0.462 e. The first-order valence-corrected chi connectivity index (χ1v) is 30.0. The lowest BCUT2D eigenvalue weighted by atomic mass is 10.0. The van der Waals surface area contributed by atoms with Crippen LogP contribution in [0.3, 0.4) is 0 Å². The van der Waals surface area contributed by atoms with Crippen LogP contribution in [-0.2, 0) is 28.6 Å². The van der Waals surface area contributed by atoms with E-state index >= 15 is 0 Å². The Hall–Kier alpha value is -2.37. The monoisotopic (exact) mass is 955 g/mol. The van der Waals surface area contributed by atoms with Crippen LogP contribution in [0.2, 0.25) is 0 Å². The van der Waals surface area contributed by atoms with Gasteiger partial charge >= 0.3 is 17.9 Å². The molecule has 398 valence electrons. The number of rotatable bonds is 55. The Morgan fingerprint density at radius 1 is 0.294 bits per heavy atom. The molecule has 0 aliphatic carbocycles. The van der Waals surface area contributed by atoms with Crippen molar-refractivity contribution in [1.82, 2.24) is 0 Å². The molecular weight excluding hydrogens is 841 g/mol. The number of ether oxygens (including phenoxy) is 3. The van der Waals surface area contributed by atoms with Crippen LogP contribution in [-0.4, -0.2) is 37.2 Å². The first kappa shape index (κ1) is 65.6. The van der Waals surface area contributed by atoms with E-state index in [4.69, 9.17) is 14.2 Å². The number of allylic oxidation sites excluding steroid dienone is 6. The van der Waals surface area contributed by atoms with Crippen molar-refractivity contribution in [1.29, 1.82) is 0 Å². The minimum absolute atomic E-state index is 0.0728. The van der Waals surface area contributed by atoms with Gasteiger partial charge in [0.05, 0.1) is 0 Å². The van der Waals surface area contributed by atoms with Crippen LogP contribution < -0.4 is 0 Å². The smallest absolute Gasteiger partial charge is 0.306 e. The van der Waals surface area contributed by atoms with Gasteiger partial charge in [-0.05, 0) is 77.0 Å². The number of hydrogen-bond donors (Lipinski definition) is 0. The number of unbranched alkanes of at least 4 members (excludes halogenated alkanes) is 38. The summed E-state index contributed by atoms with van der Waals surface area (Å²) in [6.07, 6.45) is 68.5. The summed E-state index contributed by atoms with van der Waals surface area (Å²) in [5, 5.41) is 0. The second-order valence-electron chi connectivity index (χ2n) is 20.3. The summed E-state index contributed by atoms with van der Waals surface area (Å²) in [4.78, 5) is 38.2. The normalized spacial score (nSPS) is 12.2. The molecule has 0 saturated heterocycles. The van der Waals surface area contributed by atoms with Gasteiger partial charge in [0, 0.05) is 19.3 Å². The highest BCUT2D eigenvalue weighted by Crippen LogP contribution is 2.17. The first-order chi connectivity index (χ1) is 33.5. The summed E-state index contributed by atoms with van der Waals surface area (Å²) in [7, 11) is 0. The second kappa shape index (κ2) is 57.2. The summed E-state index contributed by atoms with van der Waals surface area (Å²) < 4.78 is 16.9. The third kappa shape index (κ3) is 54.6. The highest BCUT2D eigenvalue weighted by atomic mass is 16.6. The van der Waals surface area contributed by atoms with E-state index in [1.165, 1.54) is 212 Å². The third-order valence-corrected chi connectivity index (χ3v) is 13.4.